The van der Waals surface area contributed by atoms with E-state index in [1.54, 1.807) is 11.3 Å². The van der Waals surface area contributed by atoms with Gasteiger partial charge < -0.3 is 16.0 Å². The molecule has 0 aliphatic rings. The Kier molecular flexibility index (Phi) is 3.44. The SMILES string of the molecule is Nc1ccc2nc(NCCc3ccc(Br)s3)[nH]c2c1. The van der Waals surface area contributed by atoms with Gasteiger partial charge in [0.2, 0.25) is 5.95 Å². The molecule has 19 heavy (non-hydrogen) atoms. The highest BCUT2D eigenvalue weighted by Crippen LogP contribution is 2.22. The van der Waals surface area contributed by atoms with Crippen molar-refractivity contribution in [1.29, 1.82) is 0 Å². The molecule has 2 heterocycles. The van der Waals surface area contributed by atoms with E-state index in [9.17, 15) is 0 Å². The Labute approximate surface area is 123 Å². The molecule has 0 fully saturated rings. The molecule has 98 valence electrons. The van der Waals surface area contributed by atoms with Gasteiger partial charge in [-0.05, 0) is 52.7 Å². The Hall–Kier alpha value is -1.53. The summed E-state index contributed by atoms with van der Waals surface area (Å²) >= 11 is 5.23. The summed E-state index contributed by atoms with van der Waals surface area (Å²) in [5.41, 5.74) is 8.37. The Morgan fingerprint density at radius 3 is 3.00 bits per heavy atom. The summed E-state index contributed by atoms with van der Waals surface area (Å²) in [6.45, 7) is 0.849. The van der Waals surface area contributed by atoms with Gasteiger partial charge in [0, 0.05) is 17.1 Å². The third-order valence-electron chi connectivity index (χ3n) is 2.80. The van der Waals surface area contributed by atoms with Crippen molar-refractivity contribution in [3.8, 4) is 0 Å². The molecule has 0 radical (unpaired) electrons. The van der Waals surface area contributed by atoms with E-state index in [4.69, 9.17) is 5.73 Å². The lowest BCUT2D eigenvalue weighted by Gasteiger charge is -2.00. The summed E-state index contributed by atoms with van der Waals surface area (Å²) in [4.78, 5) is 9.03. The number of nitrogens with one attached hydrogen (secondary N) is 2. The highest BCUT2D eigenvalue weighted by Gasteiger charge is 2.03. The fraction of sp³-hybridized carbons (Fsp3) is 0.154. The topological polar surface area (TPSA) is 66.7 Å². The summed E-state index contributed by atoms with van der Waals surface area (Å²) in [6, 6.07) is 9.88. The van der Waals surface area contributed by atoms with Gasteiger partial charge in [0.1, 0.15) is 0 Å². The molecule has 2 aromatic heterocycles. The van der Waals surface area contributed by atoms with Crippen LogP contribution in [0.25, 0.3) is 11.0 Å². The van der Waals surface area contributed by atoms with Crippen molar-refractivity contribution in [3.05, 3.63) is 39.0 Å². The molecule has 0 aliphatic heterocycles. The van der Waals surface area contributed by atoms with Crippen LogP contribution in [0.15, 0.2) is 34.1 Å². The Morgan fingerprint density at radius 1 is 1.32 bits per heavy atom. The Morgan fingerprint density at radius 2 is 2.21 bits per heavy atom. The van der Waals surface area contributed by atoms with E-state index in [1.807, 2.05) is 18.2 Å². The van der Waals surface area contributed by atoms with Gasteiger partial charge in [-0.1, -0.05) is 0 Å². The van der Waals surface area contributed by atoms with Gasteiger partial charge in [-0.25, -0.2) is 4.98 Å². The van der Waals surface area contributed by atoms with Crippen LogP contribution in [0.5, 0.6) is 0 Å². The molecule has 3 aromatic rings. The highest BCUT2D eigenvalue weighted by atomic mass is 79.9. The molecule has 0 aliphatic carbocycles. The number of thiophene rings is 1. The maximum absolute atomic E-state index is 5.74. The van der Waals surface area contributed by atoms with Crippen LogP contribution in [-0.4, -0.2) is 16.5 Å². The number of hydrogen-bond acceptors (Lipinski definition) is 4. The molecule has 4 N–H and O–H groups in total. The van der Waals surface area contributed by atoms with Crippen LogP contribution in [-0.2, 0) is 6.42 Å². The number of nitrogens with zero attached hydrogens (tertiary/aromatic N) is 1. The van der Waals surface area contributed by atoms with Crippen molar-refractivity contribution >= 4 is 49.9 Å². The van der Waals surface area contributed by atoms with Gasteiger partial charge in [-0.2, -0.15) is 0 Å². The molecule has 0 saturated carbocycles. The summed E-state index contributed by atoms with van der Waals surface area (Å²) < 4.78 is 1.17. The number of hydrogen-bond donors (Lipinski definition) is 3. The van der Waals surface area contributed by atoms with Crippen LogP contribution in [0, 0.1) is 0 Å². The van der Waals surface area contributed by atoms with E-state index in [0.717, 1.165) is 35.6 Å². The largest absolute Gasteiger partial charge is 0.399 e. The molecule has 1 aromatic carbocycles. The average molecular weight is 337 g/mol. The Balaban J connectivity index is 1.65. The normalized spacial score (nSPS) is 11.0. The molecule has 0 spiro atoms. The van der Waals surface area contributed by atoms with Crippen LogP contribution < -0.4 is 11.1 Å². The number of H-pyrrole nitrogens is 1. The monoisotopic (exact) mass is 336 g/mol. The number of aromatic nitrogens is 2. The lowest BCUT2D eigenvalue weighted by Crippen LogP contribution is -2.04. The van der Waals surface area contributed by atoms with Crippen LogP contribution in [0.4, 0.5) is 11.6 Å². The van der Waals surface area contributed by atoms with Gasteiger partial charge in [0.25, 0.3) is 0 Å². The van der Waals surface area contributed by atoms with Crippen molar-refractivity contribution in [3.63, 3.8) is 0 Å². The minimum atomic E-state index is 0.742. The van der Waals surface area contributed by atoms with Crippen LogP contribution in [0.3, 0.4) is 0 Å². The van der Waals surface area contributed by atoms with E-state index in [1.165, 1.54) is 8.66 Å². The number of fused-ring (bicyclic) bond motifs is 1. The molecule has 3 rings (SSSR count). The predicted molar refractivity (Wildman–Crippen MR) is 84.7 cm³/mol. The van der Waals surface area contributed by atoms with E-state index >= 15 is 0 Å². The highest BCUT2D eigenvalue weighted by molar-refractivity contribution is 9.11. The van der Waals surface area contributed by atoms with Gasteiger partial charge in [0.15, 0.2) is 0 Å². The van der Waals surface area contributed by atoms with E-state index in [-0.39, 0.29) is 0 Å². The van der Waals surface area contributed by atoms with E-state index < -0.39 is 0 Å². The van der Waals surface area contributed by atoms with Crippen molar-refractivity contribution in [2.45, 2.75) is 6.42 Å². The summed E-state index contributed by atoms with van der Waals surface area (Å²) in [5.74, 6) is 0.788. The maximum atomic E-state index is 5.74. The number of rotatable bonds is 4. The second-order valence-corrected chi connectivity index (χ2v) is 6.79. The molecule has 0 saturated heterocycles. The van der Waals surface area contributed by atoms with Crippen LogP contribution >= 0.6 is 27.3 Å². The maximum Gasteiger partial charge on any atom is 0.201 e. The molecule has 0 bridgehead atoms. The summed E-state index contributed by atoms with van der Waals surface area (Å²) in [5, 5.41) is 3.30. The molecule has 6 heteroatoms. The van der Waals surface area contributed by atoms with Crippen molar-refractivity contribution in [2.75, 3.05) is 17.6 Å². The minimum Gasteiger partial charge on any atom is -0.399 e. The molecular weight excluding hydrogens is 324 g/mol. The lowest BCUT2D eigenvalue weighted by molar-refractivity contribution is 1.02. The van der Waals surface area contributed by atoms with Crippen LogP contribution in [0.2, 0.25) is 0 Å². The van der Waals surface area contributed by atoms with Gasteiger partial charge in [-0.15, -0.1) is 11.3 Å². The fourth-order valence-electron chi connectivity index (χ4n) is 1.90. The molecule has 0 amide bonds. The van der Waals surface area contributed by atoms with E-state index in [0.29, 0.717) is 0 Å². The predicted octanol–water partition coefficient (Wildman–Crippen LogP) is 3.62. The van der Waals surface area contributed by atoms with E-state index in [2.05, 4.69) is 43.3 Å². The second-order valence-electron chi connectivity index (χ2n) is 4.24. The molecule has 4 nitrogen and oxygen atoms in total. The third kappa shape index (κ3) is 2.90. The molecular formula is C13H13BrN4S. The van der Waals surface area contributed by atoms with Crippen molar-refractivity contribution < 1.29 is 0 Å². The van der Waals surface area contributed by atoms with Crippen LogP contribution in [0.1, 0.15) is 4.88 Å². The number of aromatic amines is 1. The van der Waals surface area contributed by atoms with Crippen molar-refractivity contribution in [2.24, 2.45) is 0 Å². The third-order valence-corrected chi connectivity index (χ3v) is 4.48. The summed E-state index contributed by atoms with van der Waals surface area (Å²) in [7, 11) is 0. The second kappa shape index (κ2) is 5.22. The standard InChI is InChI=1S/C13H13BrN4S/c14-12-4-2-9(19-12)5-6-16-13-17-10-3-1-8(15)7-11(10)18-13/h1-4,7H,5-6,15H2,(H2,16,17,18). The number of nitrogen functional groups attached to an aromatic ring is 1. The number of benzene rings is 1. The van der Waals surface area contributed by atoms with Gasteiger partial charge in [-0.3, -0.25) is 0 Å². The zero-order chi connectivity index (χ0) is 13.2. The zero-order valence-electron chi connectivity index (χ0n) is 10.1. The number of imidazole rings is 1. The summed E-state index contributed by atoms with van der Waals surface area (Å²) in [6.07, 6.45) is 0.982. The first kappa shape index (κ1) is 12.5. The zero-order valence-corrected chi connectivity index (χ0v) is 12.5. The first-order chi connectivity index (χ1) is 9.20. The lowest BCUT2D eigenvalue weighted by atomic mass is 10.3. The number of anilines is 2. The average Bonchev–Trinajstić information content (AvgIpc) is 2.95. The fourth-order valence-corrected chi connectivity index (χ4v) is 3.38. The molecule has 0 unspecified atom stereocenters. The quantitative estimate of drug-likeness (QED) is 0.637. The smallest absolute Gasteiger partial charge is 0.201 e. The number of nitrogens with two attached hydrogens (primary N) is 1. The van der Waals surface area contributed by atoms with Gasteiger partial charge in [0.05, 0.1) is 14.8 Å². The van der Waals surface area contributed by atoms with Gasteiger partial charge >= 0.3 is 0 Å². The minimum absolute atomic E-state index is 0.742. The first-order valence-electron chi connectivity index (χ1n) is 5.94. The molecule has 0 atom stereocenters. The first-order valence-corrected chi connectivity index (χ1v) is 7.55. The number of halogens is 1. The Bertz CT molecular complexity index is 704. The van der Waals surface area contributed by atoms with Crippen molar-refractivity contribution in [1.82, 2.24) is 9.97 Å².